The third-order valence-corrected chi connectivity index (χ3v) is 7.44. The number of halogens is 1. The summed E-state index contributed by atoms with van der Waals surface area (Å²) in [4.78, 5) is 18.5. The van der Waals surface area contributed by atoms with E-state index in [1.54, 1.807) is 16.8 Å². The minimum atomic E-state index is -0.525. The molecule has 4 aromatic rings. The van der Waals surface area contributed by atoms with Crippen molar-refractivity contribution in [1.29, 1.82) is 0 Å². The predicted octanol–water partition coefficient (Wildman–Crippen LogP) is 6.12. The zero-order valence-corrected chi connectivity index (χ0v) is 23.4. The van der Waals surface area contributed by atoms with E-state index >= 15 is 0 Å². The van der Waals surface area contributed by atoms with Gasteiger partial charge in [0.25, 0.3) is 0 Å². The molecule has 3 N–H and O–H groups in total. The first-order valence-corrected chi connectivity index (χ1v) is 14.6. The highest BCUT2D eigenvalue weighted by Gasteiger charge is 2.41. The van der Waals surface area contributed by atoms with Crippen LogP contribution in [0, 0.1) is 5.82 Å². The van der Waals surface area contributed by atoms with Gasteiger partial charge in [0, 0.05) is 18.4 Å². The summed E-state index contributed by atoms with van der Waals surface area (Å²) >= 11 is 0. The number of ether oxygens (including phenoxy) is 1. The third kappa shape index (κ3) is 7.35. The Balaban J connectivity index is 1.26. The predicted molar refractivity (Wildman–Crippen MR) is 160 cm³/mol. The molecule has 1 aliphatic rings. The van der Waals surface area contributed by atoms with Crippen LogP contribution in [0.15, 0.2) is 85.1 Å². The largest absolute Gasteiger partial charge is 0.491 e. The van der Waals surface area contributed by atoms with Gasteiger partial charge in [-0.2, -0.15) is 4.57 Å². The van der Waals surface area contributed by atoms with Gasteiger partial charge in [-0.1, -0.05) is 92.4 Å². The van der Waals surface area contributed by atoms with Crippen molar-refractivity contribution < 1.29 is 18.5 Å². The van der Waals surface area contributed by atoms with Gasteiger partial charge in [-0.15, -0.1) is 0 Å². The Bertz CT molecular complexity index is 1450. The molecule has 1 aromatic heterocycles. The van der Waals surface area contributed by atoms with Crippen LogP contribution in [0.1, 0.15) is 60.1 Å². The summed E-state index contributed by atoms with van der Waals surface area (Å²) in [5.41, 5.74) is 9.84. The highest BCUT2D eigenvalue weighted by molar-refractivity contribution is 5.82. The van der Waals surface area contributed by atoms with Crippen LogP contribution in [-0.2, 0) is 12.8 Å². The summed E-state index contributed by atoms with van der Waals surface area (Å²) in [5.74, 6) is 0.453. The summed E-state index contributed by atoms with van der Waals surface area (Å²) in [6, 6.07) is 24.4. The molecule has 5 rings (SSSR count). The molecule has 0 aliphatic carbocycles. The maximum absolute atomic E-state index is 14.9. The third-order valence-electron chi connectivity index (χ3n) is 7.44. The molecule has 2 heterocycles. The Hall–Kier alpha value is -4.10. The Morgan fingerprint density at radius 3 is 2.32 bits per heavy atom. The number of hydrogen-bond acceptors (Lipinski definition) is 5. The standard InChI is InChI=1S/C34H37FN4O2/c35-28-21-26(17-18-32(28)41-20-12-4-2-1-3-11-19-36)23-30-34(40)39-24-31(27-15-9-6-10-16-27)37-29(33(39)38-30)22-25-13-7-5-8-14-25/h5-10,13-18,21,24,30H,1-4,11-12,19-20,22-23,36H2/p+1. The quantitative estimate of drug-likeness (QED) is 0.145. The first-order chi connectivity index (χ1) is 20.1. The molecule has 1 atom stereocenters. The maximum Gasteiger partial charge on any atom is 0.359 e. The molecule has 6 nitrogen and oxygen atoms in total. The summed E-state index contributed by atoms with van der Waals surface area (Å²) in [6.07, 6.45) is 9.23. The van der Waals surface area contributed by atoms with Gasteiger partial charge in [0.15, 0.2) is 17.6 Å². The molecule has 0 saturated heterocycles. The van der Waals surface area contributed by atoms with Crippen molar-refractivity contribution in [3.63, 3.8) is 0 Å². The molecular formula is C34H38FN4O2+. The smallest absolute Gasteiger partial charge is 0.359 e. The lowest BCUT2D eigenvalue weighted by Crippen LogP contribution is -2.44. The highest BCUT2D eigenvalue weighted by Crippen LogP contribution is 2.26. The van der Waals surface area contributed by atoms with Crippen LogP contribution in [0.3, 0.4) is 0 Å². The molecule has 1 unspecified atom stereocenters. The lowest BCUT2D eigenvalue weighted by molar-refractivity contribution is -0.552. The Morgan fingerprint density at radius 1 is 0.878 bits per heavy atom. The van der Waals surface area contributed by atoms with Gasteiger partial charge < -0.3 is 10.5 Å². The van der Waals surface area contributed by atoms with Crippen LogP contribution in [0.4, 0.5) is 10.2 Å². The van der Waals surface area contributed by atoms with E-state index in [-0.39, 0.29) is 11.7 Å². The van der Waals surface area contributed by atoms with Gasteiger partial charge in [-0.25, -0.2) is 14.2 Å². The lowest BCUT2D eigenvalue weighted by atomic mass is 10.1. The van der Waals surface area contributed by atoms with Crippen LogP contribution in [0.25, 0.3) is 11.3 Å². The zero-order chi connectivity index (χ0) is 28.4. The minimum Gasteiger partial charge on any atom is -0.491 e. The topological polar surface area (TPSA) is 81.1 Å². The van der Waals surface area contributed by atoms with Crippen molar-refractivity contribution in [2.45, 2.75) is 57.4 Å². The second-order valence-electron chi connectivity index (χ2n) is 10.6. The van der Waals surface area contributed by atoms with Crippen molar-refractivity contribution in [3.05, 3.63) is 108 Å². The first kappa shape index (κ1) is 28.4. The van der Waals surface area contributed by atoms with Gasteiger partial charge in [-0.3, -0.25) is 5.32 Å². The van der Waals surface area contributed by atoms with Crippen LogP contribution < -0.4 is 20.4 Å². The van der Waals surface area contributed by atoms with E-state index in [1.807, 2.05) is 54.6 Å². The molecule has 1 aliphatic heterocycles. The summed E-state index contributed by atoms with van der Waals surface area (Å²) in [6.45, 7) is 1.24. The van der Waals surface area contributed by atoms with Crippen LogP contribution in [0.5, 0.6) is 5.75 Å². The number of hydrogen-bond donors (Lipinski definition) is 2. The van der Waals surface area contributed by atoms with Gasteiger partial charge in [-0.05, 0) is 42.6 Å². The first-order valence-electron chi connectivity index (χ1n) is 14.6. The molecule has 41 heavy (non-hydrogen) atoms. The van der Waals surface area contributed by atoms with E-state index in [2.05, 4.69) is 17.4 Å². The van der Waals surface area contributed by atoms with E-state index in [0.717, 1.165) is 66.7 Å². The van der Waals surface area contributed by atoms with E-state index < -0.39 is 11.9 Å². The molecule has 0 saturated carbocycles. The molecule has 0 amide bonds. The van der Waals surface area contributed by atoms with Crippen LogP contribution in [0.2, 0.25) is 0 Å². The lowest BCUT2D eigenvalue weighted by Gasteiger charge is -2.10. The van der Waals surface area contributed by atoms with Gasteiger partial charge in [0.1, 0.15) is 17.6 Å². The van der Waals surface area contributed by atoms with Crippen LogP contribution in [-0.4, -0.2) is 30.1 Å². The highest BCUT2D eigenvalue weighted by atomic mass is 19.1. The van der Waals surface area contributed by atoms with Crippen molar-refractivity contribution >= 4 is 11.7 Å². The number of rotatable bonds is 14. The maximum atomic E-state index is 14.9. The van der Waals surface area contributed by atoms with Crippen molar-refractivity contribution in [3.8, 4) is 17.0 Å². The summed E-state index contributed by atoms with van der Waals surface area (Å²) < 4.78 is 22.3. The SMILES string of the molecule is NCCCCCCCCOc1ccc(CC2Nc3c(Cc4ccccc4)nc(-c4ccccc4)c[n+]3C2=O)cc1F. The van der Waals surface area contributed by atoms with Gasteiger partial charge in [0.2, 0.25) is 0 Å². The van der Waals surface area contributed by atoms with Crippen molar-refractivity contribution in [2.24, 2.45) is 5.73 Å². The van der Waals surface area contributed by atoms with Crippen molar-refractivity contribution in [1.82, 2.24) is 4.98 Å². The van der Waals surface area contributed by atoms with Crippen molar-refractivity contribution in [2.75, 3.05) is 18.5 Å². The number of benzene rings is 3. The van der Waals surface area contributed by atoms with E-state index in [4.69, 9.17) is 15.5 Å². The molecular weight excluding hydrogens is 515 g/mol. The number of carbonyl (C=O) groups excluding carboxylic acids is 1. The second kappa shape index (κ2) is 14.0. The van der Waals surface area contributed by atoms with Crippen LogP contribution >= 0.6 is 0 Å². The monoisotopic (exact) mass is 553 g/mol. The molecule has 0 spiro atoms. The van der Waals surface area contributed by atoms with Gasteiger partial charge in [0.05, 0.1) is 6.61 Å². The number of carbonyl (C=O) groups is 1. The Kier molecular flexibility index (Phi) is 9.70. The number of nitrogens with two attached hydrogens (primary N) is 1. The normalized spacial score (nSPS) is 14.1. The molecule has 0 radical (unpaired) electrons. The molecule has 3 aromatic carbocycles. The zero-order valence-electron chi connectivity index (χ0n) is 23.4. The van der Waals surface area contributed by atoms with E-state index in [0.29, 0.717) is 25.3 Å². The molecule has 7 heteroatoms. The fourth-order valence-electron chi connectivity index (χ4n) is 5.23. The number of aromatic nitrogens is 2. The Labute approximate surface area is 241 Å². The van der Waals surface area contributed by atoms with Gasteiger partial charge >= 0.3 is 11.7 Å². The second-order valence-corrected chi connectivity index (χ2v) is 10.6. The van der Waals surface area contributed by atoms with E-state index in [1.165, 1.54) is 12.5 Å². The number of unbranched alkanes of at least 4 members (excludes halogenated alkanes) is 5. The fraction of sp³-hybridized carbons (Fsp3) is 0.324. The average molecular weight is 554 g/mol. The molecule has 0 bridgehead atoms. The average Bonchev–Trinajstić information content (AvgIpc) is 3.31. The Morgan fingerprint density at radius 2 is 1.59 bits per heavy atom. The summed E-state index contributed by atoms with van der Waals surface area (Å²) in [5, 5.41) is 3.39. The number of anilines is 1. The summed E-state index contributed by atoms with van der Waals surface area (Å²) in [7, 11) is 0. The fourth-order valence-corrected chi connectivity index (χ4v) is 5.23. The number of nitrogens with zero attached hydrogens (tertiary/aromatic N) is 2. The number of nitrogens with one attached hydrogen (secondary N) is 1. The van der Waals surface area contributed by atoms with E-state index in [9.17, 15) is 9.18 Å². The minimum absolute atomic E-state index is 0.0823. The molecule has 0 fully saturated rings. The number of fused-ring (bicyclic) bond motifs is 1. The molecule has 212 valence electrons.